The van der Waals surface area contributed by atoms with Gasteiger partial charge in [0.15, 0.2) is 0 Å². The largest absolute Gasteiger partial charge is 0.507 e. The van der Waals surface area contributed by atoms with Crippen molar-refractivity contribution in [1.82, 2.24) is 10.2 Å². The van der Waals surface area contributed by atoms with E-state index < -0.39 is 0 Å². The first kappa shape index (κ1) is 19.4. The van der Waals surface area contributed by atoms with Crippen molar-refractivity contribution < 1.29 is 10.2 Å². The number of phenols is 2. The molecule has 0 unspecified atom stereocenters. The average Bonchev–Trinajstić information content (AvgIpc) is 3.31. The fraction of sp³-hybridized carbons (Fsp3) is 0.304. The maximum Gasteiger partial charge on any atom is 0.133 e. The molecule has 2 aliphatic heterocycles. The Labute approximate surface area is 169 Å². The highest BCUT2D eigenvalue weighted by atomic mass is 16.3. The predicted molar refractivity (Wildman–Crippen MR) is 114 cm³/mol. The summed E-state index contributed by atoms with van der Waals surface area (Å²) >= 11 is 0. The second-order valence-corrected chi connectivity index (χ2v) is 7.69. The van der Waals surface area contributed by atoms with Crippen LogP contribution in [-0.2, 0) is 0 Å². The van der Waals surface area contributed by atoms with E-state index >= 15 is 0 Å². The van der Waals surface area contributed by atoms with E-state index in [9.17, 15) is 10.2 Å². The Hall–Kier alpha value is -2.96. The zero-order valence-corrected chi connectivity index (χ0v) is 17.0. The van der Waals surface area contributed by atoms with Crippen LogP contribution in [0, 0.1) is 10.4 Å². The number of rotatable bonds is 6. The lowest BCUT2D eigenvalue weighted by molar-refractivity contribution is 0.419. The van der Waals surface area contributed by atoms with Crippen molar-refractivity contribution in [3.05, 3.63) is 68.9 Å². The highest BCUT2D eigenvalue weighted by Gasteiger charge is 2.18. The van der Waals surface area contributed by atoms with Crippen molar-refractivity contribution in [2.24, 2.45) is 9.98 Å². The SMILES string of the molecule is CNCCC1=CN=c2c1c(O)ccc2=c1ccc2c(c1O)C(CCN(C)C)=CN=2. The van der Waals surface area contributed by atoms with Gasteiger partial charge in [-0.2, -0.15) is 0 Å². The minimum absolute atomic E-state index is 0.217. The number of benzene rings is 2. The highest BCUT2D eigenvalue weighted by Crippen LogP contribution is 2.30. The summed E-state index contributed by atoms with van der Waals surface area (Å²) in [5.74, 6) is 0.440. The normalized spacial score (nSPS) is 15.4. The van der Waals surface area contributed by atoms with E-state index in [0.29, 0.717) is 10.6 Å². The molecule has 0 spiro atoms. The molecule has 6 heteroatoms. The minimum Gasteiger partial charge on any atom is -0.507 e. The Bertz CT molecular complexity index is 1240. The van der Waals surface area contributed by atoms with Gasteiger partial charge < -0.3 is 20.4 Å². The fourth-order valence-electron chi connectivity index (χ4n) is 3.87. The molecular formula is C23H26N4O2. The predicted octanol–water partition coefficient (Wildman–Crippen LogP) is 1.89. The summed E-state index contributed by atoms with van der Waals surface area (Å²) in [4.78, 5) is 11.2. The van der Waals surface area contributed by atoms with Gasteiger partial charge >= 0.3 is 0 Å². The van der Waals surface area contributed by atoms with Crippen molar-refractivity contribution in [3.63, 3.8) is 0 Å². The van der Waals surface area contributed by atoms with E-state index in [-0.39, 0.29) is 11.5 Å². The van der Waals surface area contributed by atoms with Crippen LogP contribution in [0.5, 0.6) is 11.5 Å². The molecule has 0 amide bonds. The highest BCUT2D eigenvalue weighted by molar-refractivity contribution is 5.74. The zero-order chi connectivity index (χ0) is 20.5. The van der Waals surface area contributed by atoms with Gasteiger partial charge in [0.25, 0.3) is 0 Å². The van der Waals surface area contributed by atoms with Crippen molar-refractivity contribution in [1.29, 1.82) is 0 Å². The number of hydrogen-bond donors (Lipinski definition) is 3. The standard InChI is InChI=1S/C23H26N4O2/c1-24-10-8-14-13-26-22-16(5-7-19(28)21(14)22)17-4-6-18-20(23(17)29)15(12-25-18)9-11-27(2)3/h4-7,12-13,24,28-29H,8-11H2,1-3H3. The molecule has 2 heterocycles. The lowest BCUT2D eigenvalue weighted by atomic mass is 9.99. The Morgan fingerprint density at radius 2 is 1.62 bits per heavy atom. The molecule has 0 fully saturated rings. The van der Waals surface area contributed by atoms with Gasteiger partial charge in [-0.15, -0.1) is 0 Å². The number of phenolic OH excluding ortho intramolecular Hbond substituents is 2. The van der Waals surface area contributed by atoms with Crippen molar-refractivity contribution >= 4 is 11.1 Å². The summed E-state index contributed by atoms with van der Waals surface area (Å²) in [5, 5.41) is 27.8. The Morgan fingerprint density at radius 3 is 2.38 bits per heavy atom. The Kier molecular flexibility index (Phi) is 5.22. The van der Waals surface area contributed by atoms with Gasteiger partial charge in [0, 0.05) is 40.5 Å². The number of nitrogens with zero attached hydrogens (tertiary/aromatic N) is 3. The molecule has 0 saturated heterocycles. The summed E-state index contributed by atoms with van der Waals surface area (Å²) in [7, 11) is 5.96. The van der Waals surface area contributed by atoms with Crippen molar-refractivity contribution in [2.75, 3.05) is 34.2 Å². The molecule has 4 rings (SSSR count). The topological polar surface area (TPSA) is 80.5 Å². The molecule has 150 valence electrons. The lowest BCUT2D eigenvalue weighted by Crippen LogP contribution is -2.14. The molecule has 0 radical (unpaired) electrons. The Morgan fingerprint density at radius 1 is 0.897 bits per heavy atom. The van der Waals surface area contributed by atoms with Crippen LogP contribution in [0.4, 0.5) is 0 Å². The maximum absolute atomic E-state index is 11.2. The molecule has 2 aromatic carbocycles. The van der Waals surface area contributed by atoms with Gasteiger partial charge in [-0.25, -0.2) is 0 Å². The average molecular weight is 390 g/mol. The molecule has 0 bridgehead atoms. The third kappa shape index (κ3) is 3.45. The molecule has 2 aliphatic rings. The fourth-order valence-corrected chi connectivity index (χ4v) is 3.87. The van der Waals surface area contributed by atoms with Crippen LogP contribution in [0.2, 0.25) is 0 Å². The number of hydrogen-bond acceptors (Lipinski definition) is 6. The van der Waals surface area contributed by atoms with Crippen molar-refractivity contribution in [3.8, 4) is 11.5 Å². The van der Waals surface area contributed by atoms with E-state index in [2.05, 4.69) is 20.2 Å². The van der Waals surface area contributed by atoms with Gasteiger partial charge in [-0.05, 0) is 75.9 Å². The maximum atomic E-state index is 11.2. The van der Waals surface area contributed by atoms with Gasteiger partial charge in [-0.1, -0.05) is 0 Å². The minimum atomic E-state index is 0.217. The van der Waals surface area contributed by atoms with Crippen LogP contribution in [0.3, 0.4) is 0 Å². The first-order valence-electron chi connectivity index (χ1n) is 9.83. The summed E-state index contributed by atoms with van der Waals surface area (Å²) in [6.45, 7) is 1.68. The summed E-state index contributed by atoms with van der Waals surface area (Å²) < 4.78 is 0. The molecular weight excluding hydrogens is 364 g/mol. The number of fused-ring (bicyclic) bond motifs is 2. The zero-order valence-electron chi connectivity index (χ0n) is 17.0. The van der Waals surface area contributed by atoms with Crippen LogP contribution >= 0.6 is 0 Å². The quantitative estimate of drug-likeness (QED) is 0.704. The molecule has 3 N–H and O–H groups in total. The third-order valence-corrected chi connectivity index (χ3v) is 5.43. The second kappa shape index (κ2) is 7.81. The molecule has 0 saturated carbocycles. The van der Waals surface area contributed by atoms with E-state index in [1.54, 1.807) is 6.07 Å². The van der Waals surface area contributed by atoms with Gasteiger partial charge in [-0.3, -0.25) is 9.98 Å². The molecule has 6 nitrogen and oxygen atoms in total. The van der Waals surface area contributed by atoms with Gasteiger partial charge in [0.2, 0.25) is 0 Å². The monoisotopic (exact) mass is 390 g/mol. The number of nitrogens with one attached hydrogen (secondary N) is 1. The van der Waals surface area contributed by atoms with Crippen molar-refractivity contribution in [2.45, 2.75) is 12.8 Å². The van der Waals surface area contributed by atoms with Crippen LogP contribution in [0.25, 0.3) is 11.1 Å². The molecule has 0 aromatic heterocycles. The first-order chi connectivity index (χ1) is 14.0. The second-order valence-electron chi connectivity index (χ2n) is 7.69. The van der Waals surface area contributed by atoms with Gasteiger partial charge in [0.05, 0.1) is 10.7 Å². The van der Waals surface area contributed by atoms with E-state index in [1.165, 1.54) is 0 Å². The number of aromatic hydroxyl groups is 2. The van der Waals surface area contributed by atoms with Crippen LogP contribution in [0.1, 0.15) is 24.0 Å². The van der Waals surface area contributed by atoms with Crippen LogP contribution in [0.15, 0.2) is 46.7 Å². The van der Waals surface area contributed by atoms with E-state index in [4.69, 9.17) is 0 Å². The van der Waals surface area contributed by atoms with Gasteiger partial charge in [0.1, 0.15) is 11.5 Å². The summed E-state index contributed by atoms with van der Waals surface area (Å²) in [5.41, 5.74) is 3.59. The van der Waals surface area contributed by atoms with Crippen LogP contribution < -0.4 is 16.0 Å². The van der Waals surface area contributed by atoms with Crippen LogP contribution in [-0.4, -0.2) is 49.3 Å². The molecule has 0 aliphatic carbocycles. The first-order valence-corrected chi connectivity index (χ1v) is 9.83. The van der Waals surface area contributed by atoms with E-state index in [0.717, 1.165) is 58.8 Å². The smallest absolute Gasteiger partial charge is 0.133 e. The lowest BCUT2D eigenvalue weighted by Gasteiger charge is -2.11. The van der Waals surface area contributed by atoms with E-state index in [1.807, 2.05) is 51.7 Å². The summed E-state index contributed by atoms with van der Waals surface area (Å²) in [6.07, 6.45) is 5.25. The molecule has 2 aromatic rings. The molecule has 0 atom stereocenters. The molecule has 29 heavy (non-hydrogen) atoms. The Balaban J connectivity index is 1.90. The summed E-state index contributed by atoms with van der Waals surface area (Å²) in [6, 6.07) is 7.33. The third-order valence-electron chi connectivity index (χ3n) is 5.43.